The van der Waals surface area contributed by atoms with Gasteiger partial charge in [-0.3, -0.25) is 14.4 Å². The van der Waals surface area contributed by atoms with Gasteiger partial charge in [-0.05, 0) is 41.1 Å². The SMILES string of the molecule is CN1CC(C(=O)c2sccc2Cc2ccc(F)cc2)C(=O)C1=O. The molecule has 2 aromatic rings. The van der Waals surface area contributed by atoms with Gasteiger partial charge in [-0.2, -0.15) is 0 Å². The van der Waals surface area contributed by atoms with Gasteiger partial charge in [0, 0.05) is 13.6 Å². The van der Waals surface area contributed by atoms with Gasteiger partial charge in [0.05, 0.1) is 4.88 Å². The van der Waals surface area contributed by atoms with E-state index in [0.29, 0.717) is 11.3 Å². The molecule has 3 rings (SSSR count). The fourth-order valence-corrected chi connectivity index (χ4v) is 3.57. The van der Waals surface area contributed by atoms with Crippen molar-refractivity contribution in [1.82, 2.24) is 4.90 Å². The molecular weight excluding hydrogens is 317 g/mol. The zero-order valence-electron chi connectivity index (χ0n) is 12.4. The van der Waals surface area contributed by atoms with Gasteiger partial charge in [0.2, 0.25) is 5.78 Å². The van der Waals surface area contributed by atoms with Crippen LogP contribution in [0, 0.1) is 11.7 Å². The third-order valence-corrected chi connectivity index (χ3v) is 4.90. The first-order valence-electron chi connectivity index (χ1n) is 7.11. The van der Waals surface area contributed by atoms with E-state index in [9.17, 15) is 18.8 Å². The number of benzene rings is 1. The van der Waals surface area contributed by atoms with E-state index in [2.05, 4.69) is 0 Å². The van der Waals surface area contributed by atoms with Crippen molar-refractivity contribution in [3.05, 3.63) is 57.5 Å². The molecule has 0 spiro atoms. The number of Topliss-reactive ketones (excluding diaryl/α,β-unsaturated/α-hetero) is 2. The van der Waals surface area contributed by atoms with Crippen LogP contribution in [-0.4, -0.2) is 36.0 Å². The Hall–Kier alpha value is -2.34. The largest absolute Gasteiger partial charge is 0.338 e. The number of halogens is 1. The normalized spacial score (nSPS) is 17.8. The Balaban J connectivity index is 1.83. The smallest absolute Gasteiger partial charge is 0.290 e. The number of likely N-dealkylation sites (N-methyl/N-ethyl adjacent to an activating group) is 1. The lowest BCUT2D eigenvalue weighted by Crippen LogP contribution is -2.24. The molecule has 4 nitrogen and oxygen atoms in total. The Bertz CT molecular complexity index is 781. The topological polar surface area (TPSA) is 54.5 Å². The zero-order chi connectivity index (χ0) is 16.6. The summed E-state index contributed by atoms with van der Waals surface area (Å²) in [5, 5.41) is 1.79. The van der Waals surface area contributed by atoms with Crippen LogP contribution in [0.15, 0.2) is 35.7 Å². The van der Waals surface area contributed by atoms with E-state index in [0.717, 1.165) is 11.1 Å². The number of likely N-dealkylation sites (tertiary alicyclic amines) is 1. The van der Waals surface area contributed by atoms with Crippen LogP contribution < -0.4 is 0 Å². The van der Waals surface area contributed by atoms with Crippen LogP contribution in [0.4, 0.5) is 4.39 Å². The number of hydrogen-bond donors (Lipinski definition) is 0. The van der Waals surface area contributed by atoms with Gasteiger partial charge >= 0.3 is 0 Å². The molecule has 1 aliphatic heterocycles. The molecule has 0 saturated carbocycles. The van der Waals surface area contributed by atoms with Crippen molar-refractivity contribution in [1.29, 1.82) is 0 Å². The number of amides is 1. The van der Waals surface area contributed by atoms with Crippen molar-refractivity contribution in [2.24, 2.45) is 5.92 Å². The number of nitrogens with zero attached hydrogens (tertiary/aromatic N) is 1. The highest BCUT2D eigenvalue weighted by molar-refractivity contribution is 7.12. The van der Waals surface area contributed by atoms with Gasteiger partial charge in [-0.25, -0.2) is 4.39 Å². The molecule has 118 valence electrons. The minimum atomic E-state index is -0.918. The molecule has 0 radical (unpaired) electrons. The summed E-state index contributed by atoms with van der Waals surface area (Å²) >= 11 is 1.27. The second-order valence-corrected chi connectivity index (χ2v) is 6.46. The fraction of sp³-hybridized carbons (Fsp3) is 0.235. The zero-order valence-corrected chi connectivity index (χ0v) is 13.2. The molecule has 1 unspecified atom stereocenters. The highest BCUT2D eigenvalue weighted by Crippen LogP contribution is 2.26. The van der Waals surface area contributed by atoms with E-state index in [1.54, 1.807) is 17.5 Å². The maximum Gasteiger partial charge on any atom is 0.290 e. The number of rotatable bonds is 4. The van der Waals surface area contributed by atoms with E-state index >= 15 is 0 Å². The number of thiophene rings is 1. The highest BCUT2D eigenvalue weighted by Gasteiger charge is 2.42. The Kier molecular flexibility index (Phi) is 4.09. The molecule has 0 aliphatic carbocycles. The predicted octanol–water partition coefficient (Wildman–Crippen LogP) is 2.32. The van der Waals surface area contributed by atoms with Crippen molar-refractivity contribution < 1.29 is 18.8 Å². The van der Waals surface area contributed by atoms with Crippen LogP contribution in [0.1, 0.15) is 20.8 Å². The van der Waals surface area contributed by atoms with Crippen LogP contribution in [0.2, 0.25) is 0 Å². The maximum atomic E-state index is 13.0. The van der Waals surface area contributed by atoms with Gasteiger partial charge in [-0.1, -0.05) is 12.1 Å². The first kappa shape index (κ1) is 15.6. The number of carbonyl (C=O) groups excluding carboxylic acids is 3. The predicted molar refractivity (Wildman–Crippen MR) is 84.0 cm³/mol. The molecule has 0 N–H and O–H groups in total. The maximum absolute atomic E-state index is 13.0. The lowest BCUT2D eigenvalue weighted by molar-refractivity contribution is -0.139. The van der Waals surface area contributed by atoms with Gasteiger partial charge < -0.3 is 4.90 Å². The van der Waals surface area contributed by atoms with E-state index < -0.39 is 17.6 Å². The van der Waals surface area contributed by atoms with Crippen molar-refractivity contribution in [3.63, 3.8) is 0 Å². The summed E-state index contributed by atoms with van der Waals surface area (Å²) in [6.45, 7) is 0.129. The van der Waals surface area contributed by atoms with Crippen LogP contribution in [0.25, 0.3) is 0 Å². The summed E-state index contributed by atoms with van der Waals surface area (Å²) in [6, 6.07) is 7.90. The average Bonchev–Trinajstić information content (AvgIpc) is 3.09. The second-order valence-electron chi connectivity index (χ2n) is 5.54. The molecule has 1 amide bonds. The second kappa shape index (κ2) is 6.04. The van der Waals surface area contributed by atoms with E-state index in [1.165, 1.54) is 35.4 Å². The molecule has 1 aliphatic rings. The summed E-state index contributed by atoms with van der Waals surface area (Å²) in [4.78, 5) is 37.9. The summed E-state index contributed by atoms with van der Waals surface area (Å²) in [5.74, 6) is -2.79. The fourth-order valence-electron chi connectivity index (χ4n) is 2.65. The number of ketones is 2. The lowest BCUT2D eigenvalue weighted by atomic mass is 9.96. The van der Waals surface area contributed by atoms with Gasteiger partial charge in [0.25, 0.3) is 5.91 Å². The molecule has 6 heteroatoms. The molecule has 1 saturated heterocycles. The molecule has 1 aromatic heterocycles. The Morgan fingerprint density at radius 2 is 1.96 bits per heavy atom. The van der Waals surface area contributed by atoms with Crippen LogP contribution in [0.5, 0.6) is 0 Å². The Morgan fingerprint density at radius 3 is 2.57 bits per heavy atom. The molecular formula is C17H14FNO3S. The van der Waals surface area contributed by atoms with Gasteiger partial charge in [0.15, 0.2) is 5.78 Å². The molecule has 23 heavy (non-hydrogen) atoms. The molecule has 2 heterocycles. The quantitative estimate of drug-likeness (QED) is 0.491. The lowest BCUT2D eigenvalue weighted by Gasteiger charge is -2.08. The first-order chi connectivity index (χ1) is 11.0. The average molecular weight is 331 g/mol. The van der Waals surface area contributed by atoms with Gasteiger partial charge in [0.1, 0.15) is 11.7 Å². The van der Waals surface area contributed by atoms with Crippen molar-refractivity contribution in [3.8, 4) is 0 Å². The molecule has 0 bridgehead atoms. The van der Waals surface area contributed by atoms with Gasteiger partial charge in [-0.15, -0.1) is 11.3 Å². The third-order valence-electron chi connectivity index (χ3n) is 3.93. The van der Waals surface area contributed by atoms with Crippen LogP contribution in [0.3, 0.4) is 0 Å². The number of hydrogen-bond acceptors (Lipinski definition) is 4. The van der Waals surface area contributed by atoms with Crippen molar-refractivity contribution in [2.75, 3.05) is 13.6 Å². The van der Waals surface area contributed by atoms with Crippen molar-refractivity contribution in [2.45, 2.75) is 6.42 Å². The Labute approximate surface area is 136 Å². The summed E-state index contributed by atoms with van der Waals surface area (Å²) in [7, 11) is 1.52. The minimum Gasteiger partial charge on any atom is -0.338 e. The summed E-state index contributed by atoms with van der Waals surface area (Å²) in [6.07, 6.45) is 0.482. The molecule has 1 atom stereocenters. The highest BCUT2D eigenvalue weighted by atomic mass is 32.1. The number of carbonyl (C=O) groups is 3. The van der Waals surface area contributed by atoms with Crippen LogP contribution in [-0.2, 0) is 16.0 Å². The molecule has 1 aromatic carbocycles. The minimum absolute atomic E-state index is 0.129. The summed E-state index contributed by atoms with van der Waals surface area (Å²) in [5.41, 5.74) is 1.67. The van der Waals surface area contributed by atoms with Crippen LogP contribution >= 0.6 is 11.3 Å². The van der Waals surface area contributed by atoms with Crippen molar-refractivity contribution >= 4 is 28.8 Å². The first-order valence-corrected chi connectivity index (χ1v) is 7.99. The summed E-state index contributed by atoms with van der Waals surface area (Å²) < 4.78 is 13.0. The Morgan fingerprint density at radius 1 is 1.26 bits per heavy atom. The van der Waals surface area contributed by atoms with E-state index in [4.69, 9.17) is 0 Å². The molecule has 1 fully saturated rings. The van der Waals surface area contributed by atoms with E-state index in [-0.39, 0.29) is 18.1 Å². The third kappa shape index (κ3) is 2.94. The van der Waals surface area contributed by atoms with E-state index in [1.807, 2.05) is 6.07 Å². The standard InChI is InChI=1S/C17H14FNO3S/c1-19-9-13(15(21)17(19)22)14(20)16-11(6-7-23-16)8-10-2-4-12(18)5-3-10/h2-7,13H,8-9H2,1H3. The monoisotopic (exact) mass is 331 g/mol.